The lowest BCUT2D eigenvalue weighted by molar-refractivity contribution is 0.494. The van der Waals surface area contributed by atoms with Crippen LogP contribution in [0.15, 0.2) is 12.0 Å². The van der Waals surface area contributed by atoms with Crippen molar-refractivity contribution >= 4 is 34.8 Å². The molecule has 0 bridgehead atoms. The van der Waals surface area contributed by atoms with Crippen LogP contribution in [0, 0.1) is 0 Å². The van der Waals surface area contributed by atoms with Crippen LogP contribution in [0.2, 0.25) is 0 Å². The third-order valence-corrected chi connectivity index (χ3v) is 1.07. The van der Waals surface area contributed by atoms with Crippen LogP contribution in [0.3, 0.4) is 0 Å². The van der Waals surface area contributed by atoms with Gasteiger partial charge >= 0.3 is 0 Å². The van der Waals surface area contributed by atoms with E-state index in [0.29, 0.717) is 5.76 Å². The van der Waals surface area contributed by atoms with Gasteiger partial charge < -0.3 is 4.74 Å². The van der Waals surface area contributed by atoms with Crippen molar-refractivity contribution in [3.8, 4) is 0 Å². The fraction of sp³-hybridized carbons (Fsp3) is 0.333. The summed E-state index contributed by atoms with van der Waals surface area (Å²) in [6.45, 7) is 0. The molecule has 4 heteroatoms. The first-order chi connectivity index (χ1) is 3.11. The fourth-order valence-electron chi connectivity index (χ4n) is 0.163. The Bertz CT molecular complexity index is 112. The maximum Gasteiger partial charge on any atom is 0.251 e. The molecular weight excluding hydrogens is 158 g/mol. The first-order valence-electron chi connectivity index (χ1n) is 1.55. The van der Waals surface area contributed by atoms with E-state index in [1.54, 1.807) is 0 Å². The second-order valence-corrected chi connectivity index (χ2v) is 3.38. The van der Waals surface area contributed by atoms with E-state index in [-0.39, 0.29) is 0 Å². The largest absolute Gasteiger partial charge is 0.458 e. The molecule has 0 amide bonds. The van der Waals surface area contributed by atoms with Gasteiger partial charge in [-0.05, 0) is 0 Å². The number of halogens is 3. The summed E-state index contributed by atoms with van der Waals surface area (Å²) in [4.78, 5) is 0. The van der Waals surface area contributed by atoms with Crippen molar-refractivity contribution in [2.24, 2.45) is 0 Å². The smallest absolute Gasteiger partial charge is 0.251 e. The number of hydrogen-bond acceptors (Lipinski definition) is 1. The van der Waals surface area contributed by atoms with Gasteiger partial charge in [0, 0.05) is 0 Å². The van der Waals surface area contributed by atoms with Crippen LogP contribution >= 0.6 is 34.8 Å². The van der Waals surface area contributed by atoms with Gasteiger partial charge in [-0.15, -0.1) is 0 Å². The second-order valence-electron chi connectivity index (χ2n) is 1.10. The standard InChI is InChI=1S/C3HCl3O/c4-3(5,6)2-1-7-2/h1H. The predicted octanol–water partition coefficient (Wildman–Crippen LogP) is 2.23. The monoisotopic (exact) mass is 158 g/mol. The highest BCUT2D eigenvalue weighted by molar-refractivity contribution is 6.69. The Morgan fingerprint density at radius 3 is 1.86 bits per heavy atom. The van der Waals surface area contributed by atoms with Gasteiger partial charge in [-0.3, -0.25) is 0 Å². The Balaban J connectivity index is 2.53. The molecule has 0 radical (unpaired) electrons. The normalized spacial score (nSPS) is 17.9. The Kier molecular flexibility index (Phi) is 1.14. The summed E-state index contributed by atoms with van der Waals surface area (Å²) < 4.78 is 3.14. The fourth-order valence-corrected chi connectivity index (χ4v) is 0.430. The average Bonchev–Trinajstić information content (AvgIpc) is 1.99. The van der Waals surface area contributed by atoms with Gasteiger partial charge in [-0.1, -0.05) is 34.8 Å². The quantitative estimate of drug-likeness (QED) is 0.494. The molecule has 0 saturated heterocycles. The van der Waals surface area contributed by atoms with E-state index >= 15 is 0 Å². The van der Waals surface area contributed by atoms with Gasteiger partial charge in [0.2, 0.25) is 0 Å². The minimum Gasteiger partial charge on any atom is -0.458 e. The molecule has 1 heterocycles. The summed E-state index contributed by atoms with van der Waals surface area (Å²) in [6.07, 6.45) is 1.40. The van der Waals surface area contributed by atoms with Crippen LogP contribution in [-0.2, 0) is 4.74 Å². The number of allylic oxidation sites excluding steroid dienone is 1. The molecule has 0 aromatic rings. The molecule has 1 aliphatic heterocycles. The highest BCUT2D eigenvalue weighted by Gasteiger charge is 2.34. The second kappa shape index (κ2) is 1.44. The van der Waals surface area contributed by atoms with Crippen LogP contribution in [0.4, 0.5) is 0 Å². The molecule has 0 fully saturated rings. The molecule has 40 valence electrons. The molecule has 1 rings (SSSR count). The minimum atomic E-state index is -1.33. The Morgan fingerprint density at radius 2 is 1.86 bits per heavy atom. The molecule has 0 N–H and O–H groups in total. The third kappa shape index (κ3) is 1.41. The summed E-state index contributed by atoms with van der Waals surface area (Å²) in [5.74, 6) is 0.414. The van der Waals surface area contributed by atoms with Gasteiger partial charge in [0.1, 0.15) is 6.26 Å². The third-order valence-electron chi connectivity index (χ3n) is 0.515. The van der Waals surface area contributed by atoms with Gasteiger partial charge in [0.25, 0.3) is 3.79 Å². The van der Waals surface area contributed by atoms with Crippen LogP contribution in [0.1, 0.15) is 0 Å². The van der Waals surface area contributed by atoms with E-state index in [9.17, 15) is 0 Å². The number of alkyl halides is 3. The molecule has 0 aromatic carbocycles. The van der Waals surface area contributed by atoms with Crippen LogP contribution in [0.5, 0.6) is 0 Å². The van der Waals surface area contributed by atoms with Gasteiger partial charge in [-0.25, -0.2) is 0 Å². The summed E-state index contributed by atoms with van der Waals surface area (Å²) in [7, 11) is 0. The lowest BCUT2D eigenvalue weighted by Gasteiger charge is -1.98. The lowest BCUT2D eigenvalue weighted by atomic mass is 10.7. The zero-order valence-electron chi connectivity index (χ0n) is 3.12. The van der Waals surface area contributed by atoms with E-state index in [1.807, 2.05) is 0 Å². The first kappa shape index (κ1) is 5.54. The van der Waals surface area contributed by atoms with E-state index in [1.165, 1.54) is 6.26 Å². The minimum absolute atomic E-state index is 0.414. The molecule has 1 nitrogen and oxygen atoms in total. The summed E-state index contributed by atoms with van der Waals surface area (Å²) >= 11 is 15.8. The molecule has 0 aliphatic carbocycles. The molecule has 0 saturated carbocycles. The van der Waals surface area contributed by atoms with Gasteiger partial charge in [-0.2, -0.15) is 0 Å². The zero-order valence-corrected chi connectivity index (χ0v) is 5.39. The highest BCUT2D eigenvalue weighted by Crippen LogP contribution is 2.40. The molecule has 0 spiro atoms. The van der Waals surface area contributed by atoms with Gasteiger partial charge in [0.05, 0.1) is 0 Å². The van der Waals surface area contributed by atoms with Crippen molar-refractivity contribution in [3.63, 3.8) is 0 Å². The van der Waals surface area contributed by atoms with E-state index in [4.69, 9.17) is 34.8 Å². The number of ether oxygens (including phenoxy) is 1. The highest BCUT2D eigenvalue weighted by atomic mass is 35.6. The lowest BCUT2D eigenvalue weighted by Crippen LogP contribution is -1.97. The average molecular weight is 159 g/mol. The van der Waals surface area contributed by atoms with Crippen molar-refractivity contribution in [1.82, 2.24) is 0 Å². The number of rotatable bonds is 0. The van der Waals surface area contributed by atoms with Crippen molar-refractivity contribution in [2.75, 3.05) is 0 Å². The van der Waals surface area contributed by atoms with Crippen molar-refractivity contribution in [2.45, 2.75) is 3.79 Å². The van der Waals surface area contributed by atoms with Crippen molar-refractivity contribution in [3.05, 3.63) is 12.0 Å². The molecular formula is C3HCl3O. The van der Waals surface area contributed by atoms with Crippen LogP contribution in [-0.4, -0.2) is 3.79 Å². The SMILES string of the molecule is ClC(Cl)(Cl)C1=CO1. The summed E-state index contributed by atoms with van der Waals surface area (Å²) in [5.41, 5.74) is 0. The zero-order chi connectivity index (χ0) is 5.49. The molecule has 7 heavy (non-hydrogen) atoms. The first-order valence-corrected chi connectivity index (χ1v) is 2.68. The molecule has 0 unspecified atom stereocenters. The topological polar surface area (TPSA) is 12.5 Å². The van der Waals surface area contributed by atoms with E-state index < -0.39 is 3.79 Å². The Morgan fingerprint density at radius 1 is 1.43 bits per heavy atom. The number of hydrogen-bond donors (Lipinski definition) is 0. The Labute approximate surface area is 55.8 Å². The van der Waals surface area contributed by atoms with Crippen molar-refractivity contribution < 1.29 is 4.74 Å². The summed E-state index contributed by atoms with van der Waals surface area (Å²) in [5, 5.41) is 0. The maximum atomic E-state index is 5.27. The van der Waals surface area contributed by atoms with Crippen LogP contribution in [0.25, 0.3) is 0 Å². The van der Waals surface area contributed by atoms with E-state index in [0.717, 1.165) is 0 Å². The maximum absolute atomic E-state index is 5.27. The summed E-state index contributed by atoms with van der Waals surface area (Å²) in [6, 6.07) is 0. The van der Waals surface area contributed by atoms with E-state index in [2.05, 4.69) is 4.74 Å². The Hall–Kier alpha value is 0.410. The van der Waals surface area contributed by atoms with Crippen LogP contribution < -0.4 is 0 Å². The van der Waals surface area contributed by atoms with Crippen molar-refractivity contribution in [1.29, 1.82) is 0 Å². The molecule has 1 aliphatic rings. The molecule has 0 atom stereocenters. The molecule has 0 aromatic heterocycles. The predicted molar refractivity (Wildman–Crippen MR) is 29.5 cm³/mol. The van der Waals surface area contributed by atoms with Gasteiger partial charge in [0.15, 0.2) is 5.76 Å².